The molecule has 2 N–H and O–H groups in total. The maximum atomic E-state index is 12.5. The second-order valence-corrected chi connectivity index (χ2v) is 14.8. The van der Waals surface area contributed by atoms with Crippen LogP contribution in [0.1, 0.15) is 19.8 Å². The van der Waals surface area contributed by atoms with Crippen molar-refractivity contribution >= 4 is 99.4 Å². The number of nitrogens with zero attached hydrogens (tertiary/aromatic N) is 4. The molecule has 0 aliphatic carbocycles. The van der Waals surface area contributed by atoms with Crippen LogP contribution in [0, 0.1) is 0 Å². The van der Waals surface area contributed by atoms with Crippen molar-refractivity contribution in [2.45, 2.75) is 25.7 Å². The van der Waals surface area contributed by atoms with Crippen LogP contribution in [0.15, 0.2) is 60.7 Å². The lowest BCUT2D eigenvalue weighted by Crippen LogP contribution is -2.13. The minimum Gasteiger partial charge on any atom is -0.300 e. The van der Waals surface area contributed by atoms with Crippen molar-refractivity contribution in [3.8, 4) is 0 Å². The normalized spacial score (nSPS) is 11.3. The standard InChI is InChI=1S/C28H24N6O2S5/c35-23(15-19-13-17-5-1-3-7-21(17)38-19)29-27-33-31-25(40-27)9-11-37-12-10-26-32-34-28(41-26)30-24(36)16-20-14-18-6-2-4-8-22(18)39-20/h1-8,13-14H,9-12,15-16H2,(H,29,33,35)(H,30,34,36). The lowest BCUT2D eigenvalue weighted by Gasteiger charge is -1.99. The zero-order chi connectivity index (χ0) is 28.0. The number of carbonyl (C=O) groups is 2. The van der Waals surface area contributed by atoms with Crippen molar-refractivity contribution in [2.24, 2.45) is 0 Å². The minimum absolute atomic E-state index is 0.0821. The fourth-order valence-corrected chi connectivity index (χ4v) is 8.90. The number of hydrogen-bond acceptors (Lipinski definition) is 11. The molecule has 0 atom stereocenters. The number of nitrogens with one attached hydrogen (secondary N) is 2. The number of aryl methyl sites for hydroxylation is 2. The van der Waals surface area contributed by atoms with Crippen molar-refractivity contribution in [1.82, 2.24) is 20.4 Å². The Hall–Kier alpha value is -3.23. The molecule has 0 unspecified atom stereocenters. The number of amides is 2. The minimum atomic E-state index is -0.0821. The SMILES string of the molecule is O=C(Cc1cc2ccccc2s1)Nc1nnc(CCSCCc2nnc(NC(=O)Cc3cc4ccccc4s3)s2)s1. The number of aromatic nitrogens is 4. The Morgan fingerprint density at radius 3 is 1.56 bits per heavy atom. The smallest absolute Gasteiger partial charge is 0.231 e. The van der Waals surface area contributed by atoms with Gasteiger partial charge in [0.1, 0.15) is 10.0 Å². The average Bonchev–Trinajstić information content (AvgIpc) is 3.75. The molecule has 6 rings (SSSR count). The molecule has 0 bridgehead atoms. The van der Waals surface area contributed by atoms with Gasteiger partial charge >= 0.3 is 0 Å². The zero-order valence-electron chi connectivity index (χ0n) is 21.7. The molecule has 0 radical (unpaired) electrons. The van der Waals surface area contributed by atoms with Crippen molar-refractivity contribution < 1.29 is 9.59 Å². The molecule has 0 aliphatic heterocycles. The van der Waals surface area contributed by atoms with Gasteiger partial charge in [-0.15, -0.1) is 43.1 Å². The summed E-state index contributed by atoms with van der Waals surface area (Å²) in [5, 5.41) is 27.6. The van der Waals surface area contributed by atoms with Gasteiger partial charge in [-0.1, -0.05) is 59.1 Å². The number of anilines is 2. The molecule has 0 spiro atoms. The second kappa shape index (κ2) is 13.2. The van der Waals surface area contributed by atoms with E-state index in [0.717, 1.165) is 54.9 Å². The van der Waals surface area contributed by atoms with Crippen molar-refractivity contribution in [2.75, 3.05) is 22.1 Å². The summed E-state index contributed by atoms with van der Waals surface area (Å²) in [4.78, 5) is 27.0. The summed E-state index contributed by atoms with van der Waals surface area (Å²) in [6, 6.07) is 20.4. The van der Waals surface area contributed by atoms with E-state index < -0.39 is 0 Å². The van der Waals surface area contributed by atoms with E-state index in [1.54, 1.807) is 34.4 Å². The molecule has 0 saturated heterocycles. The van der Waals surface area contributed by atoms with Crippen LogP contribution in [0.25, 0.3) is 20.2 Å². The summed E-state index contributed by atoms with van der Waals surface area (Å²) in [5.41, 5.74) is 0. The molecular formula is C28H24N6O2S5. The summed E-state index contributed by atoms with van der Waals surface area (Å²) >= 11 is 7.91. The van der Waals surface area contributed by atoms with Crippen LogP contribution in [0.3, 0.4) is 0 Å². The summed E-state index contributed by atoms with van der Waals surface area (Å²) in [6.07, 6.45) is 2.22. The summed E-state index contributed by atoms with van der Waals surface area (Å²) in [7, 11) is 0. The summed E-state index contributed by atoms with van der Waals surface area (Å²) < 4.78 is 2.37. The van der Waals surface area contributed by atoms with Crippen LogP contribution in [0.5, 0.6) is 0 Å². The van der Waals surface area contributed by atoms with Crippen molar-refractivity contribution in [3.05, 3.63) is 80.4 Å². The molecule has 2 amide bonds. The van der Waals surface area contributed by atoms with Crippen LogP contribution in [-0.4, -0.2) is 43.7 Å². The first-order chi connectivity index (χ1) is 20.1. The highest BCUT2D eigenvalue weighted by Gasteiger charge is 2.13. The van der Waals surface area contributed by atoms with E-state index in [1.807, 2.05) is 24.3 Å². The predicted octanol–water partition coefficient (Wildman–Crippen LogP) is 6.70. The van der Waals surface area contributed by atoms with Gasteiger partial charge in [0.05, 0.1) is 12.8 Å². The van der Waals surface area contributed by atoms with Crippen LogP contribution >= 0.6 is 57.1 Å². The van der Waals surface area contributed by atoms with E-state index in [0.29, 0.717) is 23.1 Å². The molecule has 0 fully saturated rings. The zero-order valence-corrected chi connectivity index (χ0v) is 25.7. The molecule has 2 aromatic carbocycles. The third kappa shape index (κ3) is 7.54. The number of thiophene rings is 2. The van der Waals surface area contributed by atoms with E-state index >= 15 is 0 Å². The maximum absolute atomic E-state index is 12.5. The second-order valence-electron chi connectivity index (χ2n) is 9.07. The first-order valence-electron chi connectivity index (χ1n) is 12.8. The molecule has 4 aromatic heterocycles. The van der Waals surface area contributed by atoms with Gasteiger partial charge in [0.25, 0.3) is 0 Å². The number of hydrogen-bond donors (Lipinski definition) is 2. The highest BCUT2D eigenvalue weighted by atomic mass is 32.2. The Kier molecular flexibility index (Phi) is 8.97. The largest absolute Gasteiger partial charge is 0.300 e. The topological polar surface area (TPSA) is 110 Å². The quantitative estimate of drug-likeness (QED) is 0.144. The van der Waals surface area contributed by atoms with Crippen LogP contribution < -0.4 is 10.6 Å². The Balaban J connectivity index is 0.885. The number of carbonyl (C=O) groups excluding carboxylic acids is 2. The van der Waals surface area contributed by atoms with E-state index in [-0.39, 0.29) is 11.8 Å². The number of thioether (sulfide) groups is 1. The van der Waals surface area contributed by atoms with Crippen LogP contribution in [-0.2, 0) is 35.3 Å². The van der Waals surface area contributed by atoms with E-state index in [4.69, 9.17) is 0 Å². The molecule has 8 nitrogen and oxygen atoms in total. The fraction of sp³-hybridized carbons (Fsp3) is 0.214. The van der Waals surface area contributed by atoms with E-state index in [9.17, 15) is 9.59 Å². The monoisotopic (exact) mass is 636 g/mol. The van der Waals surface area contributed by atoms with Gasteiger partial charge in [0.15, 0.2) is 0 Å². The van der Waals surface area contributed by atoms with E-state index in [1.165, 1.54) is 32.1 Å². The third-order valence-corrected chi connectivity index (χ3v) is 11.0. The Bertz CT molecular complexity index is 1610. The van der Waals surface area contributed by atoms with Crippen molar-refractivity contribution in [3.63, 3.8) is 0 Å². The molecule has 0 aliphatic rings. The number of rotatable bonds is 12. The molecule has 6 aromatic rings. The number of fused-ring (bicyclic) bond motifs is 2. The van der Waals surface area contributed by atoms with Crippen LogP contribution in [0.2, 0.25) is 0 Å². The summed E-state index contributed by atoms with van der Waals surface area (Å²) in [6.45, 7) is 0. The fourth-order valence-electron chi connectivity index (χ4n) is 4.12. The molecule has 0 saturated carbocycles. The van der Waals surface area contributed by atoms with Gasteiger partial charge in [-0.05, 0) is 46.5 Å². The first-order valence-corrected chi connectivity index (χ1v) is 17.3. The Labute approximate surface area is 256 Å². The maximum Gasteiger partial charge on any atom is 0.231 e. The van der Waals surface area contributed by atoms with Gasteiger partial charge in [-0.2, -0.15) is 11.8 Å². The van der Waals surface area contributed by atoms with Gasteiger partial charge in [0.2, 0.25) is 22.1 Å². The van der Waals surface area contributed by atoms with Crippen molar-refractivity contribution in [1.29, 1.82) is 0 Å². The lowest BCUT2D eigenvalue weighted by atomic mass is 10.2. The average molecular weight is 637 g/mol. The Morgan fingerprint density at radius 1 is 0.634 bits per heavy atom. The Morgan fingerprint density at radius 2 is 1.10 bits per heavy atom. The first kappa shape index (κ1) is 27.9. The van der Waals surface area contributed by atoms with Crippen LogP contribution in [0.4, 0.5) is 10.3 Å². The number of benzene rings is 2. The third-order valence-electron chi connectivity index (χ3n) is 5.97. The van der Waals surface area contributed by atoms with Gasteiger partial charge in [-0.25, -0.2) is 0 Å². The van der Waals surface area contributed by atoms with E-state index in [2.05, 4.69) is 67.4 Å². The van der Waals surface area contributed by atoms with Gasteiger partial charge in [0, 0.05) is 32.0 Å². The summed E-state index contributed by atoms with van der Waals surface area (Å²) in [5.74, 6) is 1.62. The molecule has 13 heteroatoms. The highest BCUT2D eigenvalue weighted by molar-refractivity contribution is 7.99. The molecule has 41 heavy (non-hydrogen) atoms. The molecular weight excluding hydrogens is 613 g/mol. The molecule has 4 heterocycles. The highest BCUT2D eigenvalue weighted by Crippen LogP contribution is 2.27. The van der Waals surface area contributed by atoms with Gasteiger partial charge in [-0.3, -0.25) is 9.59 Å². The molecule has 208 valence electrons. The van der Waals surface area contributed by atoms with Gasteiger partial charge < -0.3 is 10.6 Å². The predicted molar refractivity (Wildman–Crippen MR) is 173 cm³/mol. The lowest BCUT2D eigenvalue weighted by molar-refractivity contribution is -0.116.